The SMILES string of the molecule is CCC(=N)c1cc(Cl)c(C)cc1O. The van der Waals surface area contributed by atoms with Crippen molar-refractivity contribution in [2.75, 3.05) is 0 Å². The summed E-state index contributed by atoms with van der Waals surface area (Å²) in [6, 6.07) is 3.22. The van der Waals surface area contributed by atoms with Crippen molar-refractivity contribution >= 4 is 17.3 Å². The zero-order valence-electron chi connectivity index (χ0n) is 7.69. The molecule has 13 heavy (non-hydrogen) atoms. The lowest BCUT2D eigenvalue weighted by atomic mass is 10.1. The fraction of sp³-hybridized carbons (Fsp3) is 0.300. The molecule has 0 unspecified atom stereocenters. The van der Waals surface area contributed by atoms with Gasteiger partial charge in [-0.3, -0.25) is 0 Å². The molecule has 0 aliphatic carbocycles. The quantitative estimate of drug-likeness (QED) is 0.703. The summed E-state index contributed by atoms with van der Waals surface area (Å²) in [5, 5.41) is 17.7. The molecular weight excluding hydrogens is 186 g/mol. The molecule has 1 rings (SSSR count). The maximum absolute atomic E-state index is 9.52. The maximum Gasteiger partial charge on any atom is 0.124 e. The van der Waals surface area contributed by atoms with E-state index in [0.717, 1.165) is 5.56 Å². The molecule has 1 aromatic rings. The van der Waals surface area contributed by atoms with E-state index in [1.54, 1.807) is 12.1 Å². The molecule has 0 saturated carbocycles. The van der Waals surface area contributed by atoms with Crippen LogP contribution in [0.25, 0.3) is 0 Å². The molecule has 0 fully saturated rings. The van der Waals surface area contributed by atoms with Crippen molar-refractivity contribution in [2.24, 2.45) is 0 Å². The molecule has 0 radical (unpaired) electrons. The van der Waals surface area contributed by atoms with Gasteiger partial charge in [-0.25, -0.2) is 0 Å². The van der Waals surface area contributed by atoms with Crippen molar-refractivity contribution in [1.29, 1.82) is 5.41 Å². The average Bonchev–Trinajstić information content (AvgIpc) is 2.10. The molecule has 0 spiro atoms. The van der Waals surface area contributed by atoms with Gasteiger partial charge < -0.3 is 10.5 Å². The summed E-state index contributed by atoms with van der Waals surface area (Å²) in [5.74, 6) is 0.133. The van der Waals surface area contributed by atoms with Crippen LogP contribution in [0.1, 0.15) is 24.5 Å². The van der Waals surface area contributed by atoms with E-state index in [1.165, 1.54) is 0 Å². The molecule has 2 N–H and O–H groups in total. The zero-order valence-corrected chi connectivity index (χ0v) is 8.44. The predicted molar refractivity (Wildman–Crippen MR) is 55.0 cm³/mol. The Hall–Kier alpha value is -1.02. The zero-order chi connectivity index (χ0) is 10.0. The largest absolute Gasteiger partial charge is 0.507 e. The third-order valence-corrected chi connectivity index (χ3v) is 2.36. The number of nitrogens with one attached hydrogen (secondary N) is 1. The van der Waals surface area contributed by atoms with Gasteiger partial charge in [0.15, 0.2) is 0 Å². The summed E-state index contributed by atoms with van der Waals surface area (Å²) in [7, 11) is 0. The van der Waals surface area contributed by atoms with Crippen LogP contribution < -0.4 is 0 Å². The Morgan fingerprint density at radius 1 is 1.54 bits per heavy atom. The molecule has 0 aliphatic rings. The molecule has 0 aromatic heterocycles. The highest BCUT2D eigenvalue weighted by molar-refractivity contribution is 6.31. The van der Waals surface area contributed by atoms with E-state index in [1.807, 2.05) is 13.8 Å². The lowest BCUT2D eigenvalue weighted by molar-refractivity contribution is 0.473. The van der Waals surface area contributed by atoms with Gasteiger partial charge in [0.25, 0.3) is 0 Å². The molecule has 0 aliphatic heterocycles. The maximum atomic E-state index is 9.52. The Kier molecular flexibility index (Phi) is 2.94. The van der Waals surface area contributed by atoms with E-state index in [4.69, 9.17) is 17.0 Å². The summed E-state index contributed by atoms with van der Waals surface area (Å²) in [6.07, 6.45) is 0.590. The molecule has 0 atom stereocenters. The lowest BCUT2D eigenvalue weighted by Gasteiger charge is -2.06. The average molecular weight is 198 g/mol. The van der Waals surface area contributed by atoms with Gasteiger partial charge in [-0.2, -0.15) is 0 Å². The Morgan fingerprint density at radius 3 is 2.69 bits per heavy atom. The van der Waals surface area contributed by atoms with E-state index in [2.05, 4.69) is 0 Å². The van der Waals surface area contributed by atoms with Gasteiger partial charge in [0.05, 0.1) is 0 Å². The first-order valence-corrected chi connectivity index (χ1v) is 4.51. The number of halogens is 1. The highest BCUT2D eigenvalue weighted by Crippen LogP contribution is 2.26. The van der Waals surface area contributed by atoms with Gasteiger partial charge in [0, 0.05) is 16.3 Å². The minimum absolute atomic E-state index is 0.133. The van der Waals surface area contributed by atoms with Crippen molar-refractivity contribution < 1.29 is 5.11 Å². The minimum Gasteiger partial charge on any atom is -0.507 e. The van der Waals surface area contributed by atoms with Crippen LogP contribution in [0.2, 0.25) is 5.02 Å². The molecule has 0 heterocycles. The van der Waals surface area contributed by atoms with Gasteiger partial charge in [-0.1, -0.05) is 18.5 Å². The topological polar surface area (TPSA) is 44.1 Å². The van der Waals surface area contributed by atoms with Crippen LogP contribution in [0.15, 0.2) is 12.1 Å². The van der Waals surface area contributed by atoms with Crippen molar-refractivity contribution in [3.05, 3.63) is 28.3 Å². The van der Waals surface area contributed by atoms with Crippen LogP contribution in [0.5, 0.6) is 5.75 Å². The molecule has 2 nitrogen and oxygen atoms in total. The summed E-state index contributed by atoms with van der Waals surface area (Å²) in [6.45, 7) is 3.69. The van der Waals surface area contributed by atoms with Gasteiger partial charge in [0.1, 0.15) is 5.75 Å². The van der Waals surface area contributed by atoms with Crippen LogP contribution in [0, 0.1) is 12.3 Å². The van der Waals surface area contributed by atoms with Crippen molar-refractivity contribution in [1.82, 2.24) is 0 Å². The van der Waals surface area contributed by atoms with Crippen LogP contribution in [0.4, 0.5) is 0 Å². The number of rotatable bonds is 2. The standard InChI is InChI=1S/C10H12ClNO/c1-3-9(12)7-5-8(11)6(2)4-10(7)13/h4-5,12-13H,3H2,1-2H3. The van der Waals surface area contributed by atoms with Gasteiger partial charge >= 0.3 is 0 Å². The summed E-state index contributed by atoms with van der Waals surface area (Å²) >= 11 is 5.88. The normalized spacial score (nSPS) is 10.1. The second-order valence-electron chi connectivity index (χ2n) is 2.95. The number of hydrogen-bond donors (Lipinski definition) is 2. The highest BCUT2D eigenvalue weighted by atomic mass is 35.5. The fourth-order valence-electron chi connectivity index (χ4n) is 1.10. The predicted octanol–water partition coefficient (Wildman–Crippen LogP) is 3.13. The van der Waals surface area contributed by atoms with Gasteiger partial charge in [0.2, 0.25) is 0 Å². The molecule has 3 heteroatoms. The number of benzene rings is 1. The molecule has 0 bridgehead atoms. The highest BCUT2D eigenvalue weighted by Gasteiger charge is 2.08. The third kappa shape index (κ3) is 2.01. The molecular formula is C10H12ClNO. The first-order valence-electron chi connectivity index (χ1n) is 4.13. The van der Waals surface area contributed by atoms with E-state index in [-0.39, 0.29) is 5.75 Å². The van der Waals surface area contributed by atoms with Crippen LogP contribution in [0.3, 0.4) is 0 Å². The molecule has 0 saturated heterocycles. The number of hydrogen-bond acceptors (Lipinski definition) is 2. The second kappa shape index (κ2) is 3.79. The molecule has 0 amide bonds. The van der Waals surface area contributed by atoms with E-state index >= 15 is 0 Å². The Labute approximate surface area is 82.7 Å². The van der Waals surface area contributed by atoms with Crippen LogP contribution in [-0.4, -0.2) is 10.8 Å². The van der Waals surface area contributed by atoms with Crippen molar-refractivity contribution in [3.8, 4) is 5.75 Å². The molecule has 70 valence electrons. The summed E-state index contributed by atoms with van der Waals surface area (Å²) in [5.41, 5.74) is 1.75. The number of aromatic hydroxyl groups is 1. The first-order chi connectivity index (χ1) is 6.06. The smallest absolute Gasteiger partial charge is 0.124 e. The van der Waals surface area contributed by atoms with E-state index < -0.39 is 0 Å². The van der Waals surface area contributed by atoms with Crippen LogP contribution in [-0.2, 0) is 0 Å². The minimum atomic E-state index is 0.133. The monoisotopic (exact) mass is 197 g/mol. The molecule has 1 aromatic carbocycles. The fourth-order valence-corrected chi connectivity index (χ4v) is 1.26. The second-order valence-corrected chi connectivity index (χ2v) is 3.36. The number of phenols is 1. The van der Waals surface area contributed by atoms with E-state index in [0.29, 0.717) is 22.7 Å². The Balaban J connectivity index is 3.23. The summed E-state index contributed by atoms with van der Waals surface area (Å²) in [4.78, 5) is 0. The first kappa shape index (κ1) is 10.1. The van der Waals surface area contributed by atoms with E-state index in [9.17, 15) is 5.11 Å². The van der Waals surface area contributed by atoms with Gasteiger partial charge in [-0.05, 0) is 31.0 Å². The Morgan fingerprint density at radius 2 is 2.15 bits per heavy atom. The third-order valence-electron chi connectivity index (χ3n) is 1.96. The van der Waals surface area contributed by atoms with Crippen molar-refractivity contribution in [3.63, 3.8) is 0 Å². The lowest BCUT2D eigenvalue weighted by Crippen LogP contribution is -1.97. The van der Waals surface area contributed by atoms with Crippen LogP contribution >= 0.6 is 11.6 Å². The van der Waals surface area contributed by atoms with Gasteiger partial charge in [-0.15, -0.1) is 0 Å². The number of aryl methyl sites for hydroxylation is 1. The Bertz CT molecular complexity index is 347. The van der Waals surface area contributed by atoms with Crippen molar-refractivity contribution in [2.45, 2.75) is 20.3 Å². The summed E-state index contributed by atoms with van der Waals surface area (Å²) < 4.78 is 0. The number of phenolic OH excluding ortho intramolecular Hbond substituents is 1.